The molecule has 3 aliphatic rings. The number of rotatable bonds is 5. The highest BCUT2D eigenvalue weighted by atomic mass is 16.5. The third kappa shape index (κ3) is 3.71. The predicted molar refractivity (Wildman–Crippen MR) is 99.1 cm³/mol. The van der Waals surface area contributed by atoms with Gasteiger partial charge >= 0.3 is 0 Å². The SMILES string of the molecule is CN(C)[C@@H]1C[C@@H]2CN(C(=O)c3cc[nH]c(=O)c3)C[C@@H]2C[C@H]1OCC1CC1. The number of ether oxygens (including phenoxy) is 1. The molecule has 6 nitrogen and oxygen atoms in total. The summed E-state index contributed by atoms with van der Waals surface area (Å²) < 4.78 is 6.29. The predicted octanol–water partition coefficient (Wildman–Crippen LogP) is 1.58. The fourth-order valence-corrected chi connectivity index (χ4v) is 4.58. The smallest absolute Gasteiger partial charge is 0.254 e. The molecule has 142 valence electrons. The van der Waals surface area contributed by atoms with E-state index in [1.807, 2.05) is 4.90 Å². The first-order valence-corrected chi connectivity index (χ1v) is 9.77. The van der Waals surface area contributed by atoms with E-state index < -0.39 is 0 Å². The number of aromatic amines is 1. The maximum atomic E-state index is 12.8. The van der Waals surface area contributed by atoms with Crippen molar-refractivity contribution in [3.63, 3.8) is 0 Å². The molecule has 1 aromatic rings. The van der Waals surface area contributed by atoms with Crippen LogP contribution in [0.3, 0.4) is 0 Å². The first-order chi connectivity index (χ1) is 12.5. The zero-order chi connectivity index (χ0) is 18.3. The van der Waals surface area contributed by atoms with Crippen molar-refractivity contribution in [2.24, 2.45) is 17.8 Å². The summed E-state index contributed by atoms with van der Waals surface area (Å²) in [5.41, 5.74) is 0.256. The van der Waals surface area contributed by atoms with Crippen molar-refractivity contribution in [3.05, 3.63) is 34.2 Å². The van der Waals surface area contributed by atoms with Crippen LogP contribution in [0.25, 0.3) is 0 Å². The molecular weight excluding hydrogens is 330 g/mol. The fourth-order valence-electron chi connectivity index (χ4n) is 4.58. The van der Waals surface area contributed by atoms with Crippen molar-refractivity contribution >= 4 is 5.91 Å². The van der Waals surface area contributed by atoms with Gasteiger partial charge in [0.2, 0.25) is 5.56 Å². The Balaban J connectivity index is 1.43. The molecule has 1 aliphatic heterocycles. The summed E-state index contributed by atoms with van der Waals surface area (Å²) >= 11 is 0. The van der Waals surface area contributed by atoms with Gasteiger partial charge in [0.15, 0.2) is 0 Å². The quantitative estimate of drug-likeness (QED) is 0.867. The van der Waals surface area contributed by atoms with Crippen molar-refractivity contribution in [2.45, 2.75) is 37.8 Å². The molecule has 2 saturated carbocycles. The average molecular weight is 359 g/mol. The number of carbonyl (C=O) groups excluding carboxylic acids is 1. The molecule has 6 heteroatoms. The van der Waals surface area contributed by atoms with Gasteiger partial charge in [-0.1, -0.05) is 0 Å². The van der Waals surface area contributed by atoms with Crippen LogP contribution in [0.15, 0.2) is 23.1 Å². The summed E-state index contributed by atoms with van der Waals surface area (Å²) in [6.45, 7) is 2.46. The molecule has 0 aromatic carbocycles. The van der Waals surface area contributed by atoms with Crippen molar-refractivity contribution in [3.8, 4) is 0 Å². The van der Waals surface area contributed by atoms with Gasteiger partial charge in [0, 0.05) is 43.6 Å². The van der Waals surface area contributed by atoms with Crippen LogP contribution in [0.2, 0.25) is 0 Å². The normalized spacial score (nSPS) is 31.3. The molecule has 1 amide bonds. The molecule has 0 bridgehead atoms. The lowest BCUT2D eigenvalue weighted by Crippen LogP contribution is -2.48. The molecule has 2 heterocycles. The largest absolute Gasteiger partial charge is 0.376 e. The van der Waals surface area contributed by atoms with Crippen LogP contribution in [0.4, 0.5) is 0 Å². The molecule has 2 aliphatic carbocycles. The number of likely N-dealkylation sites (tertiary alicyclic amines) is 1. The molecule has 1 saturated heterocycles. The second-order valence-electron chi connectivity index (χ2n) is 8.49. The minimum atomic E-state index is -0.228. The number of H-pyrrole nitrogens is 1. The second-order valence-corrected chi connectivity index (χ2v) is 8.49. The first-order valence-electron chi connectivity index (χ1n) is 9.77. The molecule has 0 radical (unpaired) electrons. The number of nitrogens with zero attached hydrogens (tertiary/aromatic N) is 2. The molecule has 1 aromatic heterocycles. The summed E-state index contributed by atoms with van der Waals surface area (Å²) in [5, 5.41) is 0. The van der Waals surface area contributed by atoms with Crippen LogP contribution in [0.5, 0.6) is 0 Å². The van der Waals surface area contributed by atoms with Crippen molar-refractivity contribution in [1.29, 1.82) is 0 Å². The van der Waals surface area contributed by atoms with E-state index >= 15 is 0 Å². The third-order valence-corrected chi connectivity index (χ3v) is 6.30. The van der Waals surface area contributed by atoms with E-state index in [0.717, 1.165) is 38.5 Å². The van der Waals surface area contributed by atoms with E-state index in [1.54, 1.807) is 12.3 Å². The Kier molecular flexibility index (Phi) is 4.88. The molecule has 0 spiro atoms. The Hall–Kier alpha value is -1.66. The third-order valence-electron chi connectivity index (χ3n) is 6.30. The summed E-state index contributed by atoms with van der Waals surface area (Å²) in [4.78, 5) is 31.1. The lowest BCUT2D eigenvalue weighted by Gasteiger charge is -2.41. The van der Waals surface area contributed by atoms with Crippen molar-refractivity contribution < 1.29 is 9.53 Å². The van der Waals surface area contributed by atoms with E-state index in [-0.39, 0.29) is 17.6 Å². The van der Waals surface area contributed by atoms with Crippen LogP contribution in [-0.2, 0) is 4.74 Å². The fraction of sp³-hybridized carbons (Fsp3) is 0.700. The molecule has 4 atom stereocenters. The topological polar surface area (TPSA) is 65.6 Å². The van der Waals surface area contributed by atoms with E-state index in [0.29, 0.717) is 23.4 Å². The maximum absolute atomic E-state index is 12.8. The maximum Gasteiger partial charge on any atom is 0.254 e. The summed E-state index contributed by atoms with van der Waals surface area (Å²) in [5.74, 6) is 1.77. The van der Waals surface area contributed by atoms with Crippen LogP contribution >= 0.6 is 0 Å². The highest BCUT2D eigenvalue weighted by Crippen LogP contribution is 2.40. The van der Waals surface area contributed by atoms with E-state index in [9.17, 15) is 9.59 Å². The number of aromatic nitrogens is 1. The highest BCUT2D eigenvalue weighted by molar-refractivity contribution is 5.94. The monoisotopic (exact) mass is 359 g/mol. The number of amides is 1. The molecule has 0 unspecified atom stereocenters. The number of carbonyl (C=O) groups is 1. The molecule has 4 rings (SSSR count). The Morgan fingerprint density at radius 1 is 1.27 bits per heavy atom. The van der Waals surface area contributed by atoms with Crippen molar-refractivity contribution in [1.82, 2.24) is 14.8 Å². The van der Waals surface area contributed by atoms with Crippen LogP contribution in [-0.4, -0.2) is 66.6 Å². The van der Waals surface area contributed by atoms with Gasteiger partial charge < -0.3 is 19.5 Å². The van der Waals surface area contributed by atoms with Gasteiger partial charge in [-0.05, 0) is 63.6 Å². The number of pyridine rings is 1. The number of hydrogen-bond acceptors (Lipinski definition) is 4. The van der Waals surface area contributed by atoms with Crippen LogP contribution in [0.1, 0.15) is 36.0 Å². The summed E-state index contributed by atoms with van der Waals surface area (Å²) in [7, 11) is 4.26. The van der Waals surface area contributed by atoms with E-state index in [1.165, 1.54) is 18.9 Å². The van der Waals surface area contributed by atoms with Gasteiger partial charge in [0.25, 0.3) is 5.91 Å². The molecule has 1 N–H and O–H groups in total. The number of likely N-dealkylation sites (N-methyl/N-ethyl adjacent to an activating group) is 1. The van der Waals surface area contributed by atoms with E-state index in [2.05, 4.69) is 24.0 Å². The van der Waals surface area contributed by atoms with E-state index in [4.69, 9.17) is 4.74 Å². The lowest BCUT2D eigenvalue weighted by atomic mass is 9.77. The number of fused-ring (bicyclic) bond motifs is 1. The average Bonchev–Trinajstić information content (AvgIpc) is 3.35. The van der Waals surface area contributed by atoms with Gasteiger partial charge in [-0.15, -0.1) is 0 Å². The Morgan fingerprint density at radius 2 is 2.00 bits per heavy atom. The number of hydrogen-bond donors (Lipinski definition) is 1. The highest BCUT2D eigenvalue weighted by Gasteiger charge is 2.45. The van der Waals surface area contributed by atoms with Gasteiger partial charge in [-0.2, -0.15) is 0 Å². The van der Waals surface area contributed by atoms with Gasteiger partial charge in [0.05, 0.1) is 6.10 Å². The Labute approximate surface area is 154 Å². The number of nitrogens with one attached hydrogen (secondary N) is 1. The minimum absolute atomic E-state index is 0.0256. The molecular formula is C20H29N3O3. The van der Waals surface area contributed by atoms with Gasteiger partial charge in [0.1, 0.15) is 0 Å². The zero-order valence-electron chi connectivity index (χ0n) is 15.7. The molecule has 3 fully saturated rings. The molecule has 26 heavy (non-hydrogen) atoms. The Morgan fingerprint density at radius 3 is 2.65 bits per heavy atom. The lowest BCUT2D eigenvalue weighted by molar-refractivity contribution is -0.0493. The zero-order valence-corrected chi connectivity index (χ0v) is 15.7. The Bertz CT molecular complexity index is 712. The van der Waals surface area contributed by atoms with Crippen LogP contribution in [0, 0.1) is 17.8 Å². The van der Waals surface area contributed by atoms with Gasteiger partial charge in [-0.25, -0.2) is 0 Å². The minimum Gasteiger partial charge on any atom is -0.376 e. The summed E-state index contributed by atoms with van der Waals surface area (Å²) in [6, 6.07) is 3.51. The second kappa shape index (κ2) is 7.16. The van der Waals surface area contributed by atoms with Crippen molar-refractivity contribution in [2.75, 3.05) is 33.8 Å². The first kappa shape index (κ1) is 17.7. The van der Waals surface area contributed by atoms with Crippen LogP contribution < -0.4 is 5.56 Å². The summed E-state index contributed by atoms with van der Waals surface area (Å²) in [6.07, 6.45) is 6.53. The standard InChI is InChI=1S/C20H29N3O3/c1-22(2)17-7-15-10-23(20(25)14-5-6-21-19(24)9-14)11-16(15)8-18(17)26-12-13-3-4-13/h5-6,9,13,15-18H,3-4,7-8,10-12H2,1-2H3,(H,21,24)/t15-,16+,17-,18-/m1/s1. The van der Waals surface area contributed by atoms with Gasteiger partial charge in [-0.3, -0.25) is 9.59 Å².